The molecule has 1 aromatic heterocycles. The van der Waals surface area contributed by atoms with Crippen LogP contribution in [0.15, 0.2) is 17.1 Å². The van der Waals surface area contributed by atoms with Crippen molar-refractivity contribution < 1.29 is 19.4 Å². The van der Waals surface area contributed by atoms with Crippen LogP contribution in [0, 0.1) is 18.3 Å². The molecule has 1 aromatic rings. The van der Waals surface area contributed by atoms with E-state index in [-0.39, 0.29) is 10.9 Å². The Labute approximate surface area is 166 Å². The van der Waals surface area contributed by atoms with E-state index < -0.39 is 44.7 Å². The summed E-state index contributed by atoms with van der Waals surface area (Å²) in [6, 6.07) is 1.45. The third-order valence-corrected chi connectivity index (χ3v) is 11.0. The third-order valence-electron chi connectivity index (χ3n) is 6.43. The van der Waals surface area contributed by atoms with Crippen molar-refractivity contribution >= 4 is 14.1 Å². The summed E-state index contributed by atoms with van der Waals surface area (Å²) in [5, 5.41) is 20.7. The van der Waals surface area contributed by atoms with Gasteiger partial charge in [0.15, 0.2) is 20.1 Å². The minimum Gasteiger partial charge on any atom is -0.405 e. The van der Waals surface area contributed by atoms with Gasteiger partial charge in [-0.05, 0) is 30.1 Å². The van der Waals surface area contributed by atoms with E-state index in [9.17, 15) is 15.0 Å². The standard InChI is InChI=1S/C19H31N3O5Si/c1-8-19(25)13(11-23)26-16(22-10-9-14(20)21-17(22)24)15(19)27-28(6,7)18(4,5)12(2)3/h1,9-10,12-13,15-16,23,25H,11H2,2-7H3,(H2,20,21,24)/t13-,15+,16-,19-/m1/s1. The van der Waals surface area contributed by atoms with Crippen LogP contribution in [0.1, 0.15) is 33.9 Å². The summed E-state index contributed by atoms with van der Waals surface area (Å²) < 4.78 is 13.5. The maximum atomic E-state index is 12.4. The smallest absolute Gasteiger partial charge is 0.351 e. The summed E-state index contributed by atoms with van der Waals surface area (Å²) >= 11 is 0. The molecule has 0 aromatic carbocycles. The van der Waals surface area contributed by atoms with Gasteiger partial charge in [-0.3, -0.25) is 4.57 Å². The Balaban J connectivity index is 2.56. The Bertz CT molecular complexity index is 817. The number of anilines is 1. The van der Waals surface area contributed by atoms with E-state index in [4.69, 9.17) is 21.3 Å². The Morgan fingerprint density at radius 1 is 1.54 bits per heavy atom. The average Bonchev–Trinajstić information content (AvgIpc) is 2.87. The molecule has 0 radical (unpaired) electrons. The molecule has 2 heterocycles. The number of terminal acetylenes is 1. The van der Waals surface area contributed by atoms with Gasteiger partial charge in [-0.1, -0.05) is 33.6 Å². The van der Waals surface area contributed by atoms with Crippen molar-refractivity contribution in [3.63, 3.8) is 0 Å². The van der Waals surface area contributed by atoms with Crippen LogP contribution in [-0.2, 0) is 9.16 Å². The van der Waals surface area contributed by atoms with Crippen LogP contribution in [0.5, 0.6) is 0 Å². The molecule has 0 spiro atoms. The zero-order chi connectivity index (χ0) is 21.5. The van der Waals surface area contributed by atoms with E-state index in [0.29, 0.717) is 5.92 Å². The average molecular weight is 410 g/mol. The lowest BCUT2D eigenvalue weighted by molar-refractivity contribution is -0.0624. The monoisotopic (exact) mass is 409 g/mol. The molecule has 156 valence electrons. The summed E-state index contributed by atoms with van der Waals surface area (Å²) in [6.07, 6.45) is 3.84. The molecule has 8 nitrogen and oxygen atoms in total. The number of ether oxygens (including phenoxy) is 1. The molecule has 1 saturated heterocycles. The number of aliphatic hydroxyl groups is 2. The number of hydrogen-bond acceptors (Lipinski definition) is 7. The van der Waals surface area contributed by atoms with Crippen LogP contribution >= 0.6 is 0 Å². The number of nitrogens with zero attached hydrogens (tertiary/aromatic N) is 2. The first kappa shape index (κ1) is 22.6. The van der Waals surface area contributed by atoms with Crippen LogP contribution in [0.4, 0.5) is 5.82 Å². The van der Waals surface area contributed by atoms with Crippen LogP contribution < -0.4 is 11.4 Å². The first-order chi connectivity index (χ1) is 12.8. The zero-order valence-electron chi connectivity index (χ0n) is 17.3. The molecule has 0 amide bonds. The largest absolute Gasteiger partial charge is 0.405 e. The van der Waals surface area contributed by atoms with Crippen molar-refractivity contribution in [2.75, 3.05) is 12.3 Å². The van der Waals surface area contributed by atoms with Gasteiger partial charge in [0.2, 0.25) is 0 Å². The van der Waals surface area contributed by atoms with Crippen LogP contribution in [0.25, 0.3) is 0 Å². The number of rotatable bonds is 6. The van der Waals surface area contributed by atoms with Crippen molar-refractivity contribution in [3.8, 4) is 12.3 Å². The van der Waals surface area contributed by atoms with Crippen molar-refractivity contribution in [3.05, 3.63) is 22.7 Å². The minimum atomic E-state index is -2.49. The lowest BCUT2D eigenvalue weighted by atomic mass is 9.93. The van der Waals surface area contributed by atoms with Gasteiger partial charge < -0.3 is 25.1 Å². The molecule has 0 aliphatic carbocycles. The summed E-state index contributed by atoms with van der Waals surface area (Å²) in [6.45, 7) is 12.0. The van der Waals surface area contributed by atoms with Gasteiger partial charge >= 0.3 is 5.69 Å². The highest BCUT2D eigenvalue weighted by atomic mass is 28.4. The molecule has 0 saturated carbocycles. The van der Waals surface area contributed by atoms with Gasteiger partial charge in [0.25, 0.3) is 0 Å². The molecule has 4 N–H and O–H groups in total. The number of nitrogens with two attached hydrogens (primary N) is 1. The summed E-state index contributed by atoms with van der Waals surface area (Å²) in [5.41, 5.74) is 3.02. The fourth-order valence-corrected chi connectivity index (χ4v) is 5.87. The van der Waals surface area contributed by atoms with Crippen molar-refractivity contribution in [1.82, 2.24) is 9.55 Å². The quantitative estimate of drug-likeness (QED) is 0.475. The normalized spacial score (nSPS) is 28.5. The third kappa shape index (κ3) is 3.63. The van der Waals surface area contributed by atoms with E-state index in [2.05, 4.69) is 38.6 Å². The lowest BCUT2D eigenvalue weighted by Gasteiger charge is -2.46. The molecular formula is C19H31N3O5Si. The van der Waals surface area contributed by atoms with E-state index in [1.54, 1.807) is 0 Å². The van der Waals surface area contributed by atoms with Gasteiger partial charge in [-0.2, -0.15) is 4.98 Å². The van der Waals surface area contributed by atoms with Gasteiger partial charge in [0.1, 0.15) is 18.0 Å². The molecule has 1 aliphatic heterocycles. The van der Waals surface area contributed by atoms with Crippen molar-refractivity contribution in [1.29, 1.82) is 0 Å². The first-order valence-electron chi connectivity index (χ1n) is 9.30. The molecular weight excluding hydrogens is 378 g/mol. The molecule has 9 heteroatoms. The fraction of sp³-hybridized carbons (Fsp3) is 0.684. The molecule has 4 atom stereocenters. The van der Waals surface area contributed by atoms with Gasteiger partial charge in [0, 0.05) is 6.20 Å². The topological polar surface area (TPSA) is 120 Å². The fourth-order valence-electron chi connectivity index (χ4n) is 3.24. The number of aromatic nitrogens is 2. The molecule has 1 aliphatic rings. The Morgan fingerprint density at radius 2 is 2.14 bits per heavy atom. The molecule has 0 bridgehead atoms. The second-order valence-corrected chi connectivity index (χ2v) is 13.2. The maximum Gasteiger partial charge on any atom is 0.351 e. The highest BCUT2D eigenvalue weighted by molar-refractivity contribution is 6.74. The second-order valence-electron chi connectivity index (χ2n) is 8.63. The summed E-state index contributed by atoms with van der Waals surface area (Å²) in [7, 11) is -2.49. The zero-order valence-corrected chi connectivity index (χ0v) is 18.3. The molecule has 0 unspecified atom stereocenters. The number of aliphatic hydroxyl groups excluding tert-OH is 1. The number of nitrogen functional groups attached to an aromatic ring is 1. The van der Waals surface area contributed by atoms with E-state index in [1.807, 2.05) is 13.1 Å². The molecule has 2 rings (SSSR count). The molecule has 28 heavy (non-hydrogen) atoms. The van der Waals surface area contributed by atoms with E-state index in [0.717, 1.165) is 0 Å². The van der Waals surface area contributed by atoms with Crippen molar-refractivity contribution in [2.45, 2.75) is 69.9 Å². The van der Waals surface area contributed by atoms with Crippen LogP contribution in [0.2, 0.25) is 18.1 Å². The van der Waals surface area contributed by atoms with Gasteiger partial charge in [-0.15, -0.1) is 6.42 Å². The van der Waals surface area contributed by atoms with Gasteiger partial charge in [-0.25, -0.2) is 4.79 Å². The maximum absolute atomic E-state index is 12.4. The Kier molecular flexibility index (Phi) is 6.14. The predicted molar refractivity (Wildman–Crippen MR) is 109 cm³/mol. The van der Waals surface area contributed by atoms with Crippen molar-refractivity contribution in [2.24, 2.45) is 5.92 Å². The second kappa shape index (κ2) is 7.61. The van der Waals surface area contributed by atoms with Crippen LogP contribution in [-0.4, -0.2) is 52.5 Å². The number of hydrogen-bond donors (Lipinski definition) is 3. The SMILES string of the molecule is C#C[C@@]1(O)[C@@H](CO)O[C@@H](n2ccc(N)nc2=O)[C@@H]1O[Si](C)(C)C(C)(C)C(C)C. The highest BCUT2D eigenvalue weighted by Crippen LogP contribution is 2.48. The Hall–Kier alpha value is -1.70. The molecule has 1 fully saturated rings. The highest BCUT2D eigenvalue weighted by Gasteiger charge is 2.59. The van der Waals surface area contributed by atoms with Gasteiger partial charge in [0.05, 0.1) is 6.61 Å². The first-order valence-corrected chi connectivity index (χ1v) is 12.2. The van der Waals surface area contributed by atoms with E-state index in [1.165, 1.54) is 16.8 Å². The van der Waals surface area contributed by atoms with E-state index >= 15 is 0 Å². The summed E-state index contributed by atoms with van der Waals surface area (Å²) in [5.74, 6) is 2.71. The minimum absolute atomic E-state index is 0.0679. The Morgan fingerprint density at radius 3 is 2.61 bits per heavy atom. The predicted octanol–water partition coefficient (Wildman–Crippen LogP) is 1.11. The summed E-state index contributed by atoms with van der Waals surface area (Å²) in [4.78, 5) is 16.1. The van der Waals surface area contributed by atoms with Crippen LogP contribution in [0.3, 0.4) is 0 Å². The lowest BCUT2D eigenvalue weighted by Crippen LogP contribution is -2.56.